The van der Waals surface area contributed by atoms with Gasteiger partial charge in [-0.15, -0.1) is 0 Å². The Kier molecular flexibility index (Phi) is 4.04. The lowest BCUT2D eigenvalue weighted by Crippen LogP contribution is -2.51. The quantitative estimate of drug-likeness (QED) is 0.725. The maximum Gasteiger partial charge on any atom is 0.0136 e. The molecule has 0 heterocycles. The van der Waals surface area contributed by atoms with Crippen molar-refractivity contribution >= 4 is 0 Å². The van der Waals surface area contributed by atoms with Crippen LogP contribution in [0.2, 0.25) is 0 Å². The fourth-order valence-electron chi connectivity index (χ4n) is 3.30. The molecule has 0 spiro atoms. The van der Waals surface area contributed by atoms with Gasteiger partial charge in [-0.2, -0.15) is 0 Å². The van der Waals surface area contributed by atoms with E-state index < -0.39 is 0 Å². The summed E-state index contributed by atoms with van der Waals surface area (Å²) in [4.78, 5) is 2.66. The SMILES string of the molecule is CN(C1CCCCCC1)C1CCC1CN. The normalized spacial score (nSPS) is 33.8. The molecule has 88 valence electrons. The Hall–Kier alpha value is -0.0800. The lowest BCUT2D eigenvalue weighted by molar-refractivity contribution is 0.0483. The van der Waals surface area contributed by atoms with Gasteiger partial charge in [0.05, 0.1) is 0 Å². The number of hydrogen-bond acceptors (Lipinski definition) is 2. The standard InChI is InChI=1S/C13H26N2/c1-15(13-9-8-11(13)10-14)12-6-4-2-3-5-7-12/h11-13H,2-10,14H2,1H3. The van der Waals surface area contributed by atoms with E-state index in [1.54, 1.807) is 0 Å². The monoisotopic (exact) mass is 210 g/mol. The third-order valence-electron chi connectivity index (χ3n) is 4.60. The fraction of sp³-hybridized carbons (Fsp3) is 1.00. The Bertz CT molecular complexity index is 183. The van der Waals surface area contributed by atoms with Gasteiger partial charge in [-0.3, -0.25) is 0 Å². The van der Waals surface area contributed by atoms with E-state index in [2.05, 4.69) is 11.9 Å². The molecule has 2 N–H and O–H groups in total. The number of nitrogens with zero attached hydrogens (tertiary/aromatic N) is 1. The second-order valence-corrected chi connectivity index (χ2v) is 5.45. The first-order valence-corrected chi connectivity index (χ1v) is 6.75. The summed E-state index contributed by atoms with van der Waals surface area (Å²) in [6.45, 7) is 0.891. The van der Waals surface area contributed by atoms with Crippen LogP contribution >= 0.6 is 0 Å². The number of hydrogen-bond donors (Lipinski definition) is 1. The van der Waals surface area contributed by atoms with Crippen molar-refractivity contribution in [2.45, 2.75) is 63.5 Å². The third kappa shape index (κ3) is 2.54. The first-order chi connectivity index (χ1) is 7.33. The van der Waals surface area contributed by atoms with Crippen molar-refractivity contribution in [2.75, 3.05) is 13.6 Å². The summed E-state index contributed by atoms with van der Waals surface area (Å²) in [7, 11) is 2.34. The summed E-state index contributed by atoms with van der Waals surface area (Å²) >= 11 is 0. The van der Waals surface area contributed by atoms with Gasteiger partial charge in [0.25, 0.3) is 0 Å². The smallest absolute Gasteiger partial charge is 0.0136 e. The van der Waals surface area contributed by atoms with E-state index in [1.807, 2.05) is 0 Å². The zero-order chi connectivity index (χ0) is 10.7. The highest BCUT2D eigenvalue weighted by atomic mass is 15.2. The van der Waals surface area contributed by atoms with Crippen molar-refractivity contribution in [2.24, 2.45) is 11.7 Å². The summed E-state index contributed by atoms with van der Waals surface area (Å²) in [5, 5.41) is 0. The van der Waals surface area contributed by atoms with Gasteiger partial charge in [-0.1, -0.05) is 25.7 Å². The Morgan fingerprint density at radius 3 is 2.13 bits per heavy atom. The first kappa shape index (κ1) is 11.4. The van der Waals surface area contributed by atoms with Gasteiger partial charge in [-0.25, -0.2) is 0 Å². The van der Waals surface area contributed by atoms with Gasteiger partial charge in [0.2, 0.25) is 0 Å². The molecule has 2 aliphatic carbocycles. The first-order valence-electron chi connectivity index (χ1n) is 6.75. The van der Waals surface area contributed by atoms with Gasteiger partial charge in [0.15, 0.2) is 0 Å². The van der Waals surface area contributed by atoms with Gasteiger partial charge in [0.1, 0.15) is 0 Å². The second kappa shape index (κ2) is 5.31. The lowest BCUT2D eigenvalue weighted by atomic mass is 9.78. The molecule has 2 unspecified atom stereocenters. The maximum absolute atomic E-state index is 5.80. The Morgan fingerprint density at radius 2 is 1.67 bits per heavy atom. The molecule has 2 aliphatic rings. The predicted octanol–water partition coefficient (Wildman–Crippen LogP) is 2.38. The second-order valence-electron chi connectivity index (χ2n) is 5.45. The summed E-state index contributed by atoms with van der Waals surface area (Å²) in [6.07, 6.45) is 11.4. The molecule has 2 heteroatoms. The van der Waals surface area contributed by atoms with Gasteiger partial charge < -0.3 is 10.6 Å². The molecule has 2 saturated carbocycles. The van der Waals surface area contributed by atoms with Crippen molar-refractivity contribution in [3.05, 3.63) is 0 Å². The van der Waals surface area contributed by atoms with Crippen molar-refractivity contribution < 1.29 is 0 Å². The van der Waals surface area contributed by atoms with Gasteiger partial charge in [-0.05, 0) is 45.2 Å². The van der Waals surface area contributed by atoms with E-state index in [1.165, 1.54) is 51.4 Å². The van der Waals surface area contributed by atoms with Crippen LogP contribution in [0.5, 0.6) is 0 Å². The van der Waals surface area contributed by atoms with E-state index in [-0.39, 0.29) is 0 Å². The van der Waals surface area contributed by atoms with E-state index >= 15 is 0 Å². The van der Waals surface area contributed by atoms with Gasteiger partial charge in [0, 0.05) is 12.1 Å². The largest absolute Gasteiger partial charge is 0.330 e. The molecule has 2 fully saturated rings. The molecular weight excluding hydrogens is 184 g/mol. The zero-order valence-corrected chi connectivity index (χ0v) is 10.1. The fourth-order valence-corrected chi connectivity index (χ4v) is 3.30. The third-order valence-corrected chi connectivity index (χ3v) is 4.60. The van der Waals surface area contributed by atoms with Crippen LogP contribution in [0, 0.1) is 5.92 Å². The number of nitrogens with two attached hydrogens (primary N) is 1. The van der Waals surface area contributed by atoms with E-state index in [0.717, 1.165) is 24.5 Å². The highest BCUT2D eigenvalue weighted by molar-refractivity contribution is 4.91. The molecule has 15 heavy (non-hydrogen) atoms. The van der Waals surface area contributed by atoms with Crippen LogP contribution in [0.4, 0.5) is 0 Å². The molecule has 0 bridgehead atoms. The minimum Gasteiger partial charge on any atom is -0.330 e. The zero-order valence-electron chi connectivity index (χ0n) is 10.1. The predicted molar refractivity (Wildman–Crippen MR) is 64.8 cm³/mol. The molecule has 0 radical (unpaired) electrons. The average Bonchev–Trinajstić information content (AvgIpc) is 2.44. The van der Waals surface area contributed by atoms with E-state index in [4.69, 9.17) is 5.73 Å². The van der Waals surface area contributed by atoms with Crippen molar-refractivity contribution in [3.63, 3.8) is 0 Å². The molecule has 0 aromatic rings. The summed E-state index contributed by atoms with van der Waals surface area (Å²) in [5.41, 5.74) is 5.80. The topological polar surface area (TPSA) is 29.3 Å². The molecule has 0 amide bonds. The maximum atomic E-state index is 5.80. The molecule has 0 aromatic heterocycles. The Balaban J connectivity index is 1.85. The van der Waals surface area contributed by atoms with Crippen LogP contribution in [0.1, 0.15) is 51.4 Å². The Morgan fingerprint density at radius 1 is 1.00 bits per heavy atom. The average molecular weight is 210 g/mol. The molecule has 0 aromatic carbocycles. The van der Waals surface area contributed by atoms with Crippen molar-refractivity contribution in [3.8, 4) is 0 Å². The van der Waals surface area contributed by atoms with Crippen LogP contribution in [-0.2, 0) is 0 Å². The van der Waals surface area contributed by atoms with Gasteiger partial charge >= 0.3 is 0 Å². The minimum atomic E-state index is 0.790. The van der Waals surface area contributed by atoms with Crippen LogP contribution in [-0.4, -0.2) is 30.6 Å². The van der Waals surface area contributed by atoms with Crippen LogP contribution < -0.4 is 5.73 Å². The molecule has 0 saturated heterocycles. The Labute approximate surface area is 94.2 Å². The molecule has 2 atom stereocenters. The minimum absolute atomic E-state index is 0.790. The highest BCUT2D eigenvalue weighted by Gasteiger charge is 2.35. The van der Waals surface area contributed by atoms with Crippen LogP contribution in [0.25, 0.3) is 0 Å². The van der Waals surface area contributed by atoms with E-state index in [0.29, 0.717) is 0 Å². The highest BCUT2D eigenvalue weighted by Crippen LogP contribution is 2.34. The number of rotatable bonds is 3. The molecular formula is C13H26N2. The van der Waals surface area contributed by atoms with Crippen molar-refractivity contribution in [1.82, 2.24) is 4.90 Å². The summed E-state index contributed by atoms with van der Waals surface area (Å²) < 4.78 is 0. The molecule has 2 nitrogen and oxygen atoms in total. The molecule has 2 rings (SSSR count). The van der Waals surface area contributed by atoms with Crippen molar-refractivity contribution in [1.29, 1.82) is 0 Å². The van der Waals surface area contributed by atoms with E-state index in [9.17, 15) is 0 Å². The lowest BCUT2D eigenvalue weighted by Gasteiger charge is -2.45. The molecule has 0 aliphatic heterocycles. The van der Waals surface area contributed by atoms with Crippen LogP contribution in [0.3, 0.4) is 0 Å². The van der Waals surface area contributed by atoms with Crippen LogP contribution in [0.15, 0.2) is 0 Å². The summed E-state index contributed by atoms with van der Waals surface area (Å²) in [6, 6.07) is 1.66. The summed E-state index contributed by atoms with van der Waals surface area (Å²) in [5.74, 6) is 0.790.